The van der Waals surface area contributed by atoms with E-state index >= 15 is 0 Å². The van der Waals surface area contributed by atoms with Crippen molar-refractivity contribution in [3.8, 4) is 0 Å². The Morgan fingerprint density at radius 3 is 2.30 bits per heavy atom. The SMILES string of the molecule is Cl.NC(N)=NCCC(=O)Cl. The Labute approximate surface area is 70.0 Å². The van der Waals surface area contributed by atoms with E-state index in [9.17, 15) is 4.79 Å². The van der Waals surface area contributed by atoms with Gasteiger partial charge in [-0.1, -0.05) is 0 Å². The first-order valence-electron chi connectivity index (χ1n) is 2.36. The first-order valence-corrected chi connectivity index (χ1v) is 2.74. The van der Waals surface area contributed by atoms with Gasteiger partial charge in [-0.15, -0.1) is 12.4 Å². The van der Waals surface area contributed by atoms with Crippen molar-refractivity contribution in [1.29, 1.82) is 0 Å². The lowest BCUT2D eigenvalue weighted by Gasteiger charge is -1.88. The largest absolute Gasteiger partial charge is 0.370 e. The lowest BCUT2D eigenvalue weighted by atomic mass is 10.5. The lowest BCUT2D eigenvalue weighted by molar-refractivity contribution is -0.111. The standard InChI is InChI=1S/C4H8ClN3O.ClH/c5-3(9)1-2-8-4(6)7;/h1-2H2,(H4,6,7,8);1H. The number of nitrogens with two attached hydrogens (primary N) is 2. The van der Waals surface area contributed by atoms with Crippen LogP contribution in [0, 0.1) is 0 Å². The Morgan fingerprint density at radius 2 is 2.00 bits per heavy atom. The maximum Gasteiger partial charge on any atom is 0.223 e. The van der Waals surface area contributed by atoms with Crippen LogP contribution in [0.1, 0.15) is 6.42 Å². The van der Waals surface area contributed by atoms with Crippen LogP contribution in [0.25, 0.3) is 0 Å². The Morgan fingerprint density at radius 1 is 1.50 bits per heavy atom. The molecule has 0 aromatic carbocycles. The van der Waals surface area contributed by atoms with Gasteiger partial charge in [0.05, 0.1) is 6.54 Å². The van der Waals surface area contributed by atoms with Gasteiger partial charge in [0, 0.05) is 6.42 Å². The van der Waals surface area contributed by atoms with Crippen molar-refractivity contribution in [1.82, 2.24) is 0 Å². The Hall–Kier alpha value is -0.480. The minimum absolute atomic E-state index is 0. The minimum Gasteiger partial charge on any atom is -0.370 e. The Balaban J connectivity index is 0. The van der Waals surface area contributed by atoms with Crippen molar-refractivity contribution in [2.45, 2.75) is 6.42 Å². The van der Waals surface area contributed by atoms with Gasteiger partial charge >= 0.3 is 0 Å². The summed E-state index contributed by atoms with van der Waals surface area (Å²) < 4.78 is 0. The van der Waals surface area contributed by atoms with E-state index in [2.05, 4.69) is 4.99 Å². The van der Waals surface area contributed by atoms with Crippen molar-refractivity contribution in [3.63, 3.8) is 0 Å². The molecule has 0 radical (unpaired) electrons. The zero-order chi connectivity index (χ0) is 7.28. The quantitative estimate of drug-likeness (QED) is 0.365. The number of carbonyl (C=O) groups excluding carboxylic acids is 1. The number of halogens is 2. The molecular formula is C4H9Cl2N3O. The third-order valence-corrected chi connectivity index (χ3v) is 0.792. The van der Waals surface area contributed by atoms with Gasteiger partial charge in [-0.25, -0.2) is 0 Å². The molecule has 0 aromatic heterocycles. The van der Waals surface area contributed by atoms with E-state index in [1.54, 1.807) is 0 Å². The molecule has 4 nitrogen and oxygen atoms in total. The molecule has 0 rings (SSSR count). The molecule has 0 unspecified atom stereocenters. The topological polar surface area (TPSA) is 81.5 Å². The van der Waals surface area contributed by atoms with E-state index in [1.165, 1.54) is 0 Å². The van der Waals surface area contributed by atoms with Gasteiger partial charge < -0.3 is 11.5 Å². The van der Waals surface area contributed by atoms with Gasteiger partial charge in [-0.3, -0.25) is 9.79 Å². The lowest BCUT2D eigenvalue weighted by Crippen LogP contribution is -2.23. The fourth-order valence-electron chi connectivity index (χ4n) is 0.273. The average Bonchev–Trinajstić information content (AvgIpc) is 1.63. The third-order valence-electron chi connectivity index (χ3n) is 0.603. The van der Waals surface area contributed by atoms with Crippen LogP contribution in [0.4, 0.5) is 0 Å². The van der Waals surface area contributed by atoms with Crippen LogP contribution in [-0.4, -0.2) is 17.7 Å². The van der Waals surface area contributed by atoms with E-state index in [4.69, 9.17) is 23.1 Å². The molecule has 10 heavy (non-hydrogen) atoms. The summed E-state index contributed by atoms with van der Waals surface area (Å²) in [7, 11) is 0. The summed E-state index contributed by atoms with van der Waals surface area (Å²) >= 11 is 4.97. The van der Waals surface area contributed by atoms with E-state index in [0.717, 1.165) is 0 Å². The van der Waals surface area contributed by atoms with Gasteiger partial charge in [0.2, 0.25) is 5.24 Å². The van der Waals surface area contributed by atoms with Crippen molar-refractivity contribution >= 4 is 35.2 Å². The smallest absolute Gasteiger partial charge is 0.223 e. The summed E-state index contributed by atoms with van der Waals surface area (Å²) in [5.74, 6) is -0.0204. The monoisotopic (exact) mass is 185 g/mol. The zero-order valence-corrected chi connectivity index (χ0v) is 6.78. The maximum absolute atomic E-state index is 10.0. The molecule has 4 N–H and O–H groups in total. The van der Waals surface area contributed by atoms with Crippen LogP contribution in [0.5, 0.6) is 0 Å². The van der Waals surface area contributed by atoms with Crippen LogP contribution in [-0.2, 0) is 4.79 Å². The van der Waals surface area contributed by atoms with Gasteiger partial charge in [0.25, 0.3) is 0 Å². The number of guanidine groups is 1. The highest BCUT2D eigenvalue weighted by Gasteiger charge is 1.92. The molecule has 60 valence electrons. The van der Waals surface area contributed by atoms with Crippen LogP contribution in [0.2, 0.25) is 0 Å². The maximum atomic E-state index is 10.0. The molecule has 0 heterocycles. The summed E-state index contributed by atoms with van der Waals surface area (Å²) in [6, 6.07) is 0. The second-order valence-corrected chi connectivity index (χ2v) is 1.83. The molecule has 0 amide bonds. The summed E-state index contributed by atoms with van der Waals surface area (Å²) in [6.45, 7) is 0.269. The number of aliphatic imine (C=N–C) groups is 1. The molecule has 0 fully saturated rings. The van der Waals surface area contributed by atoms with E-state index in [1.807, 2.05) is 0 Å². The van der Waals surface area contributed by atoms with Gasteiger partial charge in [0.15, 0.2) is 5.96 Å². The summed E-state index contributed by atoms with van der Waals surface area (Å²) in [4.78, 5) is 13.6. The molecule has 0 atom stereocenters. The first-order chi connectivity index (χ1) is 4.13. The number of hydrogen-bond acceptors (Lipinski definition) is 2. The van der Waals surface area contributed by atoms with Gasteiger partial charge in [-0.2, -0.15) is 0 Å². The highest BCUT2D eigenvalue weighted by atomic mass is 35.5. The summed E-state index contributed by atoms with van der Waals surface area (Å²) in [6.07, 6.45) is 0.180. The molecule has 0 saturated heterocycles. The number of nitrogens with zero attached hydrogens (tertiary/aromatic N) is 1. The Kier molecular flexibility index (Phi) is 8.11. The fourth-order valence-corrected chi connectivity index (χ4v) is 0.357. The van der Waals surface area contributed by atoms with Gasteiger partial charge in [-0.05, 0) is 11.6 Å². The molecular weight excluding hydrogens is 177 g/mol. The normalized spacial score (nSPS) is 7.70. The molecule has 0 aliphatic rings. The minimum atomic E-state index is -0.431. The molecule has 0 aliphatic heterocycles. The van der Waals surface area contributed by atoms with Crippen molar-refractivity contribution in [3.05, 3.63) is 0 Å². The Bertz CT molecular complexity index is 132. The van der Waals surface area contributed by atoms with E-state index < -0.39 is 5.24 Å². The number of hydrogen-bond donors (Lipinski definition) is 2. The molecule has 0 bridgehead atoms. The van der Waals surface area contributed by atoms with Crippen molar-refractivity contribution < 1.29 is 4.79 Å². The highest BCUT2D eigenvalue weighted by Crippen LogP contribution is 1.87. The van der Waals surface area contributed by atoms with Crippen molar-refractivity contribution in [2.75, 3.05) is 6.54 Å². The zero-order valence-electron chi connectivity index (χ0n) is 5.21. The molecule has 0 aromatic rings. The fraction of sp³-hybridized carbons (Fsp3) is 0.500. The first kappa shape index (κ1) is 12.2. The predicted molar refractivity (Wildman–Crippen MR) is 43.4 cm³/mol. The third kappa shape index (κ3) is 10.5. The predicted octanol–water partition coefficient (Wildman–Crippen LogP) is -0.163. The van der Waals surface area contributed by atoms with Crippen LogP contribution >= 0.6 is 24.0 Å². The second-order valence-electron chi connectivity index (χ2n) is 1.41. The molecule has 0 aliphatic carbocycles. The van der Waals surface area contributed by atoms with Gasteiger partial charge in [0.1, 0.15) is 0 Å². The molecule has 0 saturated carbocycles. The average molecular weight is 186 g/mol. The van der Waals surface area contributed by atoms with Crippen LogP contribution in [0.3, 0.4) is 0 Å². The van der Waals surface area contributed by atoms with E-state index in [-0.39, 0.29) is 31.3 Å². The van der Waals surface area contributed by atoms with Crippen LogP contribution < -0.4 is 11.5 Å². The van der Waals surface area contributed by atoms with E-state index in [0.29, 0.717) is 0 Å². The number of rotatable bonds is 3. The summed E-state index contributed by atoms with van der Waals surface area (Å²) in [5, 5.41) is -0.431. The number of carbonyl (C=O) groups is 1. The highest BCUT2D eigenvalue weighted by molar-refractivity contribution is 6.63. The second kappa shape index (κ2) is 6.64. The van der Waals surface area contributed by atoms with Crippen molar-refractivity contribution in [2.24, 2.45) is 16.5 Å². The molecule has 6 heteroatoms. The van der Waals surface area contributed by atoms with Crippen LogP contribution in [0.15, 0.2) is 4.99 Å². The summed E-state index contributed by atoms with van der Waals surface area (Å²) in [5.41, 5.74) is 9.90. The molecule has 0 spiro atoms.